The molecule has 0 heterocycles. The van der Waals surface area contributed by atoms with E-state index in [9.17, 15) is 14.9 Å². The Morgan fingerprint density at radius 3 is 2.54 bits per heavy atom. The molecule has 0 radical (unpaired) electrons. The lowest BCUT2D eigenvalue weighted by atomic mass is 10.1. The molecule has 0 aliphatic rings. The van der Waals surface area contributed by atoms with Crippen LogP contribution in [0.2, 0.25) is 5.02 Å². The van der Waals surface area contributed by atoms with Crippen LogP contribution in [-0.4, -0.2) is 18.4 Å². The van der Waals surface area contributed by atoms with E-state index in [-0.39, 0.29) is 18.7 Å². The van der Waals surface area contributed by atoms with E-state index >= 15 is 0 Å². The van der Waals surface area contributed by atoms with Gasteiger partial charge in [0.15, 0.2) is 6.61 Å². The van der Waals surface area contributed by atoms with Gasteiger partial charge in [-0.15, -0.1) is 0 Å². The minimum atomic E-state index is -0.521. The molecule has 0 fully saturated rings. The molecule has 178 valence electrons. The highest BCUT2D eigenvalue weighted by atomic mass is 79.9. The molecule has 0 saturated carbocycles. The second-order valence-electron chi connectivity index (χ2n) is 7.44. The van der Waals surface area contributed by atoms with Crippen molar-refractivity contribution in [2.75, 3.05) is 11.9 Å². The van der Waals surface area contributed by atoms with Gasteiger partial charge in [-0.1, -0.05) is 63.9 Å². The zero-order chi connectivity index (χ0) is 25.4. The van der Waals surface area contributed by atoms with Crippen molar-refractivity contribution in [3.8, 4) is 11.8 Å². The van der Waals surface area contributed by atoms with Gasteiger partial charge in [0, 0.05) is 27.3 Å². The van der Waals surface area contributed by atoms with Crippen LogP contribution in [0, 0.1) is 18.3 Å². The molecular formula is C26H20Br2ClN3O3. The molecule has 0 spiro atoms. The molecule has 3 aromatic carbocycles. The van der Waals surface area contributed by atoms with Gasteiger partial charge in [-0.2, -0.15) is 5.26 Å². The van der Waals surface area contributed by atoms with E-state index < -0.39 is 11.8 Å². The second-order valence-corrected chi connectivity index (χ2v) is 9.62. The predicted octanol–water partition coefficient (Wildman–Crippen LogP) is 6.41. The summed E-state index contributed by atoms with van der Waals surface area (Å²) >= 11 is 12.9. The number of carbonyl (C=O) groups is 2. The molecule has 35 heavy (non-hydrogen) atoms. The molecule has 0 saturated heterocycles. The Kier molecular flexibility index (Phi) is 9.49. The molecule has 3 aromatic rings. The van der Waals surface area contributed by atoms with Crippen molar-refractivity contribution in [2.24, 2.45) is 0 Å². The number of anilines is 1. The normalized spacial score (nSPS) is 10.9. The molecule has 9 heteroatoms. The van der Waals surface area contributed by atoms with Crippen LogP contribution in [0.15, 0.2) is 75.2 Å². The highest BCUT2D eigenvalue weighted by Gasteiger charge is 2.15. The van der Waals surface area contributed by atoms with Gasteiger partial charge in [0.2, 0.25) is 0 Å². The van der Waals surface area contributed by atoms with Crippen LogP contribution in [0.5, 0.6) is 5.75 Å². The first-order valence-corrected chi connectivity index (χ1v) is 12.3. The maximum Gasteiger partial charge on any atom is 0.262 e. The summed E-state index contributed by atoms with van der Waals surface area (Å²) in [5.41, 5.74) is 2.70. The Labute approximate surface area is 225 Å². The number of ether oxygens (including phenoxy) is 1. The number of aryl methyl sites for hydroxylation is 1. The molecule has 3 rings (SSSR count). The summed E-state index contributed by atoms with van der Waals surface area (Å²) in [6.45, 7) is 1.86. The number of amides is 2. The van der Waals surface area contributed by atoms with Crippen LogP contribution >= 0.6 is 43.5 Å². The maximum atomic E-state index is 12.6. The van der Waals surface area contributed by atoms with Crippen molar-refractivity contribution in [1.29, 1.82) is 5.26 Å². The standard InChI is InChI=1S/C26H20Br2ClN3O3/c1-16-7-8-21(12-23(16)29)32-24(33)15-35-25-18(10-20(27)11-22(25)28)9-19(13-30)26(34)31-14-17-5-3-2-4-6-17/h2-12H,14-15H2,1H3,(H,31,34)(H,32,33)/b19-9+. The lowest BCUT2D eigenvalue weighted by Crippen LogP contribution is -2.24. The molecule has 0 bridgehead atoms. The van der Waals surface area contributed by atoms with Crippen molar-refractivity contribution in [1.82, 2.24) is 5.32 Å². The summed E-state index contributed by atoms with van der Waals surface area (Å²) in [6.07, 6.45) is 1.42. The van der Waals surface area contributed by atoms with Crippen LogP contribution < -0.4 is 15.4 Å². The van der Waals surface area contributed by atoms with Gasteiger partial charge in [0.1, 0.15) is 17.4 Å². The molecule has 0 aliphatic carbocycles. The summed E-state index contributed by atoms with van der Waals surface area (Å²) < 4.78 is 7.01. The fourth-order valence-corrected chi connectivity index (χ4v) is 4.58. The zero-order valence-electron chi connectivity index (χ0n) is 18.6. The van der Waals surface area contributed by atoms with Crippen LogP contribution in [-0.2, 0) is 16.1 Å². The van der Waals surface area contributed by atoms with E-state index in [4.69, 9.17) is 16.3 Å². The highest BCUT2D eigenvalue weighted by molar-refractivity contribution is 9.11. The minimum Gasteiger partial charge on any atom is -0.482 e. The zero-order valence-corrected chi connectivity index (χ0v) is 22.5. The number of nitriles is 1. The second kappa shape index (κ2) is 12.5. The molecule has 0 aromatic heterocycles. The number of halogens is 3. The number of benzene rings is 3. The monoisotopic (exact) mass is 615 g/mol. The predicted molar refractivity (Wildman–Crippen MR) is 144 cm³/mol. The number of nitrogens with zero attached hydrogens (tertiary/aromatic N) is 1. The minimum absolute atomic E-state index is 0.102. The third-order valence-corrected chi connectivity index (χ3v) is 6.26. The Bertz CT molecular complexity index is 1320. The molecule has 0 atom stereocenters. The quantitative estimate of drug-likeness (QED) is 0.226. The summed E-state index contributed by atoms with van der Waals surface area (Å²) in [5, 5.41) is 15.6. The summed E-state index contributed by atoms with van der Waals surface area (Å²) in [5.74, 6) is -0.600. The van der Waals surface area contributed by atoms with E-state index in [0.29, 0.717) is 31.0 Å². The number of hydrogen-bond donors (Lipinski definition) is 2. The third-order valence-electron chi connectivity index (χ3n) is 4.80. The Morgan fingerprint density at radius 2 is 1.86 bits per heavy atom. The summed E-state index contributed by atoms with van der Waals surface area (Å²) in [7, 11) is 0. The first kappa shape index (κ1) is 26.5. The number of hydrogen-bond acceptors (Lipinski definition) is 4. The average molecular weight is 618 g/mol. The lowest BCUT2D eigenvalue weighted by Gasteiger charge is -2.13. The summed E-state index contributed by atoms with van der Waals surface area (Å²) in [6, 6.07) is 20.0. The molecule has 0 aliphatic heterocycles. The maximum absolute atomic E-state index is 12.6. The van der Waals surface area contributed by atoms with Gasteiger partial charge in [-0.3, -0.25) is 9.59 Å². The lowest BCUT2D eigenvalue weighted by molar-refractivity contribution is -0.118. The summed E-state index contributed by atoms with van der Waals surface area (Å²) in [4.78, 5) is 25.1. The van der Waals surface area contributed by atoms with Crippen molar-refractivity contribution in [3.63, 3.8) is 0 Å². The van der Waals surface area contributed by atoms with Crippen LogP contribution in [0.25, 0.3) is 6.08 Å². The van der Waals surface area contributed by atoms with Gasteiger partial charge in [0.05, 0.1) is 4.47 Å². The van der Waals surface area contributed by atoms with E-state index in [1.807, 2.05) is 43.3 Å². The van der Waals surface area contributed by atoms with E-state index in [1.165, 1.54) is 6.08 Å². The molecule has 6 nitrogen and oxygen atoms in total. The van der Waals surface area contributed by atoms with Gasteiger partial charge in [-0.25, -0.2) is 0 Å². The van der Waals surface area contributed by atoms with Crippen molar-refractivity contribution in [3.05, 3.63) is 96.9 Å². The van der Waals surface area contributed by atoms with Gasteiger partial charge in [-0.05, 0) is 64.3 Å². The van der Waals surface area contributed by atoms with Gasteiger partial charge in [0.25, 0.3) is 11.8 Å². The van der Waals surface area contributed by atoms with Crippen LogP contribution in [0.1, 0.15) is 16.7 Å². The Hall–Kier alpha value is -3.12. The van der Waals surface area contributed by atoms with Crippen molar-refractivity contribution in [2.45, 2.75) is 13.5 Å². The average Bonchev–Trinajstić information content (AvgIpc) is 2.83. The largest absolute Gasteiger partial charge is 0.482 e. The SMILES string of the molecule is Cc1ccc(NC(=O)COc2c(Br)cc(Br)cc2/C=C(\C#N)C(=O)NCc2ccccc2)cc1Cl. The molecule has 2 N–H and O–H groups in total. The van der Waals surface area contributed by atoms with Crippen LogP contribution in [0.4, 0.5) is 5.69 Å². The molecule has 2 amide bonds. The third kappa shape index (κ3) is 7.69. The first-order valence-electron chi connectivity index (χ1n) is 10.4. The molecular weight excluding hydrogens is 598 g/mol. The number of nitrogens with one attached hydrogen (secondary N) is 2. The molecule has 0 unspecified atom stereocenters. The topological polar surface area (TPSA) is 91.2 Å². The highest BCUT2D eigenvalue weighted by Crippen LogP contribution is 2.34. The number of rotatable bonds is 8. The van der Waals surface area contributed by atoms with E-state index in [2.05, 4.69) is 42.5 Å². The smallest absolute Gasteiger partial charge is 0.262 e. The van der Waals surface area contributed by atoms with Crippen LogP contribution in [0.3, 0.4) is 0 Å². The fraction of sp³-hybridized carbons (Fsp3) is 0.115. The van der Waals surface area contributed by atoms with Gasteiger partial charge >= 0.3 is 0 Å². The Balaban J connectivity index is 1.75. The van der Waals surface area contributed by atoms with E-state index in [0.717, 1.165) is 11.1 Å². The number of carbonyl (C=O) groups excluding carboxylic acids is 2. The van der Waals surface area contributed by atoms with Crippen molar-refractivity contribution >= 4 is 67.0 Å². The van der Waals surface area contributed by atoms with Gasteiger partial charge < -0.3 is 15.4 Å². The van der Waals surface area contributed by atoms with E-state index in [1.54, 1.807) is 30.3 Å². The Morgan fingerprint density at radius 1 is 1.11 bits per heavy atom. The first-order chi connectivity index (χ1) is 16.8. The fourth-order valence-electron chi connectivity index (χ4n) is 3.02. The van der Waals surface area contributed by atoms with Crippen molar-refractivity contribution < 1.29 is 14.3 Å².